The van der Waals surface area contributed by atoms with Crippen LogP contribution in [0.3, 0.4) is 0 Å². The molecule has 1 aliphatic heterocycles. The summed E-state index contributed by atoms with van der Waals surface area (Å²) in [6, 6.07) is 4.03. The van der Waals surface area contributed by atoms with Gasteiger partial charge in [0.05, 0.1) is 31.9 Å². The van der Waals surface area contributed by atoms with E-state index in [4.69, 9.17) is 92.8 Å². The number of nitrogens with zero attached hydrogens (tertiary/aromatic N) is 1. The first kappa shape index (κ1) is 22.1. The highest BCUT2D eigenvalue weighted by Crippen LogP contribution is 2.77. The molecule has 0 radical (unpaired) electrons. The molecule has 1 heterocycles. The molecule has 0 aromatic heterocycles. The van der Waals surface area contributed by atoms with Crippen molar-refractivity contribution in [3.8, 4) is 0 Å². The molecule has 1 saturated carbocycles. The van der Waals surface area contributed by atoms with E-state index in [1.54, 1.807) is 0 Å². The number of halogens is 8. The molecule has 154 valence electrons. The topological polar surface area (TPSA) is 66.5 Å². The lowest BCUT2D eigenvalue weighted by atomic mass is 9.84. The van der Waals surface area contributed by atoms with Crippen molar-refractivity contribution in [1.29, 1.82) is 0 Å². The lowest BCUT2D eigenvalue weighted by Gasteiger charge is -2.34. The average molecular weight is 558 g/mol. The largest absolute Gasteiger partial charge is 0.272 e. The predicted molar refractivity (Wildman–Crippen MR) is 113 cm³/mol. The van der Waals surface area contributed by atoms with Gasteiger partial charge in [-0.2, -0.15) is 5.01 Å². The minimum absolute atomic E-state index is 0.0550. The third kappa shape index (κ3) is 2.48. The maximum Gasteiger partial charge on any atom is 0.270 e. The van der Waals surface area contributed by atoms with Crippen LogP contribution in [0, 0.1) is 11.8 Å². The standard InChI is InChI=1S/C16H6Cl8N2O3/c17-5-2-1-4(3-6(5)18)11(27)25-26-12(28)7-8(13(26)29)15(22)10(20)9(19)14(7,21)16(15,23)24/h1-3,7-8H,(H,25,27)/t7-,8+,14-,15-/m1/s1. The Morgan fingerprint density at radius 1 is 0.862 bits per heavy atom. The Morgan fingerprint density at radius 3 is 1.79 bits per heavy atom. The van der Waals surface area contributed by atoms with E-state index in [1.807, 2.05) is 0 Å². The number of benzene rings is 1. The van der Waals surface area contributed by atoms with Crippen LogP contribution >= 0.6 is 92.8 Å². The molecule has 2 fully saturated rings. The first-order valence-electron chi connectivity index (χ1n) is 7.77. The lowest BCUT2D eigenvalue weighted by Crippen LogP contribution is -2.54. The van der Waals surface area contributed by atoms with Crippen molar-refractivity contribution in [3.05, 3.63) is 43.9 Å². The van der Waals surface area contributed by atoms with Crippen molar-refractivity contribution in [2.75, 3.05) is 0 Å². The fourth-order valence-electron chi connectivity index (χ4n) is 3.91. The quantitative estimate of drug-likeness (QED) is 0.407. The number of hydrazine groups is 1. The third-order valence-electron chi connectivity index (χ3n) is 5.30. The van der Waals surface area contributed by atoms with Crippen LogP contribution in [0.4, 0.5) is 0 Å². The number of carbonyl (C=O) groups is 3. The van der Waals surface area contributed by atoms with Gasteiger partial charge in [0.25, 0.3) is 17.7 Å². The smallest absolute Gasteiger partial charge is 0.270 e. The highest BCUT2D eigenvalue weighted by molar-refractivity contribution is 6.66. The first-order valence-corrected chi connectivity index (χ1v) is 10.8. The average Bonchev–Trinajstić information content (AvgIpc) is 3.02. The number of amides is 3. The molecule has 1 N–H and O–H groups in total. The van der Waals surface area contributed by atoms with Crippen molar-refractivity contribution in [2.45, 2.75) is 14.1 Å². The number of nitrogens with one attached hydrogen (secondary N) is 1. The molecule has 3 aliphatic rings. The highest BCUT2D eigenvalue weighted by Gasteiger charge is 2.87. The van der Waals surface area contributed by atoms with Crippen molar-refractivity contribution in [1.82, 2.24) is 10.4 Å². The minimum Gasteiger partial charge on any atom is -0.272 e. The molecule has 5 nitrogen and oxygen atoms in total. The zero-order valence-corrected chi connectivity index (χ0v) is 19.6. The predicted octanol–water partition coefficient (Wildman–Crippen LogP) is 5.08. The number of alkyl halides is 4. The minimum atomic E-state index is -2.04. The number of hydrogen-bond acceptors (Lipinski definition) is 3. The van der Waals surface area contributed by atoms with E-state index in [0.29, 0.717) is 5.01 Å². The number of allylic oxidation sites excluding steroid dienone is 2. The Kier molecular flexibility index (Phi) is 5.10. The van der Waals surface area contributed by atoms with Crippen LogP contribution in [0.5, 0.6) is 0 Å². The van der Waals surface area contributed by atoms with E-state index in [2.05, 4.69) is 5.43 Å². The molecule has 29 heavy (non-hydrogen) atoms. The molecule has 4 atom stereocenters. The maximum atomic E-state index is 13.0. The zero-order chi connectivity index (χ0) is 21.7. The number of rotatable bonds is 2. The molecule has 1 aromatic carbocycles. The van der Waals surface area contributed by atoms with Gasteiger partial charge in [-0.05, 0) is 18.2 Å². The lowest BCUT2D eigenvalue weighted by molar-refractivity contribution is -0.143. The fraction of sp³-hybridized carbons (Fsp3) is 0.312. The van der Waals surface area contributed by atoms with E-state index in [-0.39, 0.29) is 25.7 Å². The summed E-state index contributed by atoms with van der Waals surface area (Å²) in [6.45, 7) is 0. The van der Waals surface area contributed by atoms with Gasteiger partial charge < -0.3 is 0 Å². The van der Waals surface area contributed by atoms with Crippen LogP contribution in [-0.4, -0.2) is 36.8 Å². The molecule has 0 spiro atoms. The van der Waals surface area contributed by atoms with E-state index in [1.165, 1.54) is 18.2 Å². The number of fused-ring (bicyclic) bond motifs is 5. The van der Waals surface area contributed by atoms with Crippen LogP contribution in [0.25, 0.3) is 0 Å². The Bertz CT molecular complexity index is 997. The Balaban J connectivity index is 1.71. The van der Waals surface area contributed by atoms with E-state index in [9.17, 15) is 14.4 Å². The van der Waals surface area contributed by atoms with Crippen molar-refractivity contribution in [2.24, 2.45) is 11.8 Å². The summed E-state index contributed by atoms with van der Waals surface area (Å²) in [4.78, 5) is 34.7. The van der Waals surface area contributed by atoms with Gasteiger partial charge in [0.2, 0.25) is 0 Å². The number of carbonyl (C=O) groups excluding carboxylic acids is 3. The molecular formula is C16H6Cl8N2O3. The Hall–Kier alpha value is -0.110. The number of imide groups is 1. The van der Waals surface area contributed by atoms with Crippen LogP contribution in [-0.2, 0) is 9.59 Å². The molecule has 2 aliphatic carbocycles. The zero-order valence-electron chi connectivity index (χ0n) is 13.6. The Morgan fingerprint density at radius 2 is 1.34 bits per heavy atom. The summed E-state index contributed by atoms with van der Waals surface area (Å²) in [5.74, 6) is -5.22. The van der Waals surface area contributed by atoms with Crippen molar-refractivity contribution in [3.63, 3.8) is 0 Å². The van der Waals surface area contributed by atoms with Gasteiger partial charge in [0.1, 0.15) is 9.75 Å². The molecular weight excluding hydrogens is 552 g/mol. The van der Waals surface area contributed by atoms with Gasteiger partial charge in [0.15, 0.2) is 4.33 Å². The molecule has 1 aromatic rings. The van der Waals surface area contributed by atoms with Crippen LogP contribution in [0.1, 0.15) is 10.4 Å². The fourth-order valence-corrected chi connectivity index (χ4v) is 7.14. The molecule has 3 amide bonds. The maximum absolute atomic E-state index is 13.0. The summed E-state index contributed by atoms with van der Waals surface area (Å²) in [5, 5.41) is 0.412. The summed E-state index contributed by atoms with van der Waals surface area (Å²) in [7, 11) is 0. The Labute approximate surface area is 204 Å². The van der Waals surface area contributed by atoms with Crippen LogP contribution in [0.2, 0.25) is 10.0 Å². The molecule has 2 bridgehead atoms. The molecule has 1 saturated heterocycles. The summed E-state index contributed by atoms with van der Waals surface area (Å²) in [5.41, 5.74) is 2.27. The highest BCUT2D eigenvalue weighted by atomic mass is 35.5. The second-order valence-electron chi connectivity index (χ2n) is 6.66. The number of hydrogen-bond donors (Lipinski definition) is 1. The monoisotopic (exact) mass is 554 g/mol. The third-order valence-corrected chi connectivity index (χ3v) is 10.3. The summed E-state index contributed by atoms with van der Waals surface area (Å²) < 4.78 is -2.04. The van der Waals surface area contributed by atoms with Gasteiger partial charge in [-0.3, -0.25) is 19.8 Å². The van der Waals surface area contributed by atoms with Gasteiger partial charge in [0, 0.05) is 5.56 Å². The van der Waals surface area contributed by atoms with Gasteiger partial charge in [-0.15, -0.1) is 23.2 Å². The van der Waals surface area contributed by atoms with Gasteiger partial charge in [-0.25, -0.2) is 0 Å². The first-order chi connectivity index (χ1) is 13.3. The van der Waals surface area contributed by atoms with E-state index in [0.717, 1.165) is 0 Å². The van der Waals surface area contributed by atoms with E-state index < -0.39 is 43.6 Å². The second-order valence-corrected chi connectivity index (χ2v) is 10.8. The van der Waals surface area contributed by atoms with Crippen molar-refractivity contribution < 1.29 is 14.4 Å². The summed E-state index contributed by atoms with van der Waals surface area (Å²) >= 11 is 50.0. The SMILES string of the molecule is O=C(NN1C(=O)[C@@H]2[C@H](C1=O)[C@@]1(Cl)C(Cl)=C(Cl)[C@@]2(Cl)C1(Cl)Cl)c1ccc(Cl)c(Cl)c1. The van der Waals surface area contributed by atoms with Crippen LogP contribution < -0.4 is 5.43 Å². The summed E-state index contributed by atoms with van der Waals surface area (Å²) in [6.07, 6.45) is 0. The normalized spacial score (nSPS) is 34.8. The van der Waals surface area contributed by atoms with E-state index >= 15 is 0 Å². The second kappa shape index (κ2) is 6.69. The van der Waals surface area contributed by atoms with Gasteiger partial charge >= 0.3 is 0 Å². The molecule has 0 unspecified atom stereocenters. The van der Waals surface area contributed by atoms with Crippen molar-refractivity contribution >= 4 is 111 Å². The van der Waals surface area contributed by atoms with Crippen LogP contribution in [0.15, 0.2) is 28.3 Å². The molecule has 4 rings (SSSR count). The molecule has 13 heteroatoms. The van der Waals surface area contributed by atoms with Gasteiger partial charge in [-0.1, -0.05) is 69.6 Å².